The van der Waals surface area contributed by atoms with Crippen molar-refractivity contribution in [1.82, 2.24) is 4.98 Å². The van der Waals surface area contributed by atoms with Crippen LogP contribution in [0.2, 0.25) is 0 Å². The Morgan fingerprint density at radius 1 is 1.38 bits per heavy atom. The average Bonchev–Trinajstić information content (AvgIpc) is 2.12. The maximum atomic E-state index is 11.4. The third kappa shape index (κ3) is 1.29. The second-order valence-corrected chi connectivity index (χ2v) is 3.82. The Labute approximate surface area is 83.7 Å². The summed E-state index contributed by atoms with van der Waals surface area (Å²) in [6.07, 6.45) is 1.68. The van der Waals surface area contributed by atoms with E-state index in [0.29, 0.717) is 0 Å². The molecule has 0 spiro atoms. The van der Waals surface area contributed by atoms with E-state index in [1.165, 1.54) is 0 Å². The average molecular weight is 238 g/mol. The lowest BCUT2D eigenvalue weighted by Crippen LogP contribution is -2.05. The summed E-state index contributed by atoms with van der Waals surface area (Å²) in [5.41, 5.74) is 1.07. The number of halogens is 1. The summed E-state index contributed by atoms with van der Waals surface area (Å²) in [5.74, 6) is 0. The first-order valence-electron chi connectivity index (χ1n) is 3.96. The Bertz CT molecular complexity index is 508. The number of hydrogen-bond acceptors (Lipinski definition) is 1. The van der Waals surface area contributed by atoms with Crippen LogP contribution in [-0.2, 0) is 0 Å². The number of fused-ring (bicyclic) bond motifs is 1. The quantitative estimate of drug-likeness (QED) is 0.751. The van der Waals surface area contributed by atoms with E-state index in [4.69, 9.17) is 0 Å². The SMILES string of the molecule is Cc1cccc2c(=O)[nH]cc(Br)c12. The Kier molecular flexibility index (Phi) is 1.96. The van der Waals surface area contributed by atoms with Gasteiger partial charge in [0.05, 0.1) is 0 Å². The molecular formula is C10H8BrNO. The Balaban J connectivity index is 3.09. The van der Waals surface area contributed by atoms with Crippen LogP contribution in [0.5, 0.6) is 0 Å². The van der Waals surface area contributed by atoms with Crippen molar-refractivity contribution in [2.75, 3.05) is 0 Å². The van der Waals surface area contributed by atoms with Crippen LogP contribution in [0, 0.1) is 6.92 Å². The fourth-order valence-electron chi connectivity index (χ4n) is 1.45. The monoisotopic (exact) mass is 237 g/mol. The Morgan fingerprint density at radius 3 is 2.85 bits per heavy atom. The minimum atomic E-state index is -0.0399. The van der Waals surface area contributed by atoms with Gasteiger partial charge in [0.15, 0.2) is 0 Å². The number of nitrogens with one attached hydrogen (secondary N) is 1. The molecule has 2 rings (SSSR count). The lowest BCUT2D eigenvalue weighted by Gasteiger charge is -2.02. The Hall–Kier alpha value is -1.09. The summed E-state index contributed by atoms with van der Waals surface area (Å²) in [6, 6.07) is 5.71. The maximum absolute atomic E-state index is 11.4. The topological polar surface area (TPSA) is 32.9 Å². The largest absolute Gasteiger partial charge is 0.327 e. The molecule has 0 bridgehead atoms. The molecule has 1 N–H and O–H groups in total. The summed E-state index contributed by atoms with van der Waals surface area (Å²) in [4.78, 5) is 14.1. The maximum Gasteiger partial charge on any atom is 0.255 e. The van der Waals surface area contributed by atoms with E-state index in [9.17, 15) is 4.79 Å². The highest BCUT2D eigenvalue weighted by Crippen LogP contribution is 2.23. The second kappa shape index (κ2) is 3.00. The van der Waals surface area contributed by atoms with Gasteiger partial charge >= 0.3 is 0 Å². The summed E-state index contributed by atoms with van der Waals surface area (Å²) in [6.45, 7) is 1.99. The van der Waals surface area contributed by atoms with E-state index in [1.807, 2.05) is 25.1 Å². The molecule has 1 aromatic heterocycles. The minimum absolute atomic E-state index is 0.0399. The molecule has 1 aromatic carbocycles. The lowest BCUT2D eigenvalue weighted by molar-refractivity contribution is 1.26. The number of aromatic amines is 1. The number of benzene rings is 1. The summed E-state index contributed by atoms with van der Waals surface area (Å²) < 4.78 is 0.931. The van der Waals surface area contributed by atoms with Crippen LogP contribution in [-0.4, -0.2) is 4.98 Å². The molecule has 13 heavy (non-hydrogen) atoms. The second-order valence-electron chi connectivity index (χ2n) is 2.96. The molecule has 2 aromatic rings. The standard InChI is InChI=1S/C10H8BrNO/c1-6-3-2-4-7-9(6)8(11)5-12-10(7)13/h2-5H,1H3,(H,12,13). The molecule has 0 atom stereocenters. The summed E-state index contributed by atoms with van der Waals surface area (Å²) in [7, 11) is 0. The van der Waals surface area contributed by atoms with Crippen LogP contribution in [0.15, 0.2) is 33.7 Å². The number of H-pyrrole nitrogens is 1. The number of rotatable bonds is 0. The molecule has 0 fully saturated rings. The molecule has 0 aliphatic rings. The number of aromatic nitrogens is 1. The van der Waals surface area contributed by atoms with Gasteiger partial charge in [-0.1, -0.05) is 12.1 Å². The molecule has 0 radical (unpaired) electrons. The van der Waals surface area contributed by atoms with Gasteiger partial charge in [0.25, 0.3) is 5.56 Å². The van der Waals surface area contributed by atoms with Crippen molar-refractivity contribution in [3.63, 3.8) is 0 Å². The van der Waals surface area contributed by atoms with Gasteiger partial charge in [-0.2, -0.15) is 0 Å². The lowest BCUT2D eigenvalue weighted by atomic mass is 10.1. The number of aryl methyl sites for hydroxylation is 1. The van der Waals surface area contributed by atoms with Crippen molar-refractivity contribution in [3.8, 4) is 0 Å². The van der Waals surface area contributed by atoms with Crippen LogP contribution in [0.4, 0.5) is 0 Å². The molecule has 0 saturated heterocycles. The van der Waals surface area contributed by atoms with E-state index in [0.717, 1.165) is 20.8 Å². The van der Waals surface area contributed by atoms with E-state index in [2.05, 4.69) is 20.9 Å². The van der Waals surface area contributed by atoms with Crippen molar-refractivity contribution in [2.45, 2.75) is 6.92 Å². The van der Waals surface area contributed by atoms with Gasteiger partial charge in [0.1, 0.15) is 0 Å². The minimum Gasteiger partial charge on any atom is -0.327 e. The zero-order valence-electron chi connectivity index (χ0n) is 7.10. The molecule has 1 heterocycles. The van der Waals surface area contributed by atoms with E-state index >= 15 is 0 Å². The van der Waals surface area contributed by atoms with Gasteiger partial charge in [0, 0.05) is 21.4 Å². The first kappa shape index (κ1) is 8.51. The van der Waals surface area contributed by atoms with Crippen LogP contribution in [0.25, 0.3) is 10.8 Å². The Morgan fingerprint density at radius 2 is 2.15 bits per heavy atom. The highest BCUT2D eigenvalue weighted by Gasteiger charge is 2.03. The van der Waals surface area contributed by atoms with E-state index < -0.39 is 0 Å². The van der Waals surface area contributed by atoms with E-state index in [-0.39, 0.29) is 5.56 Å². The van der Waals surface area contributed by atoms with Crippen molar-refractivity contribution in [3.05, 3.63) is 44.8 Å². The van der Waals surface area contributed by atoms with Crippen LogP contribution in [0.1, 0.15) is 5.56 Å². The first-order valence-corrected chi connectivity index (χ1v) is 4.76. The number of hydrogen-bond donors (Lipinski definition) is 1. The molecule has 0 aliphatic heterocycles. The van der Waals surface area contributed by atoms with Crippen LogP contribution >= 0.6 is 15.9 Å². The molecule has 0 unspecified atom stereocenters. The summed E-state index contributed by atoms with van der Waals surface area (Å²) >= 11 is 3.41. The first-order chi connectivity index (χ1) is 6.20. The van der Waals surface area contributed by atoms with Gasteiger partial charge in [-0.3, -0.25) is 4.79 Å². The normalized spacial score (nSPS) is 10.6. The van der Waals surface area contributed by atoms with Gasteiger partial charge in [-0.15, -0.1) is 0 Å². The highest BCUT2D eigenvalue weighted by atomic mass is 79.9. The predicted octanol–water partition coefficient (Wildman–Crippen LogP) is 2.60. The molecular weight excluding hydrogens is 230 g/mol. The van der Waals surface area contributed by atoms with E-state index in [1.54, 1.807) is 6.20 Å². The van der Waals surface area contributed by atoms with Crippen molar-refractivity contribution in [2.24, 2.45) is 0 Å². The molecule has 3 heteroatoms. The molecule has 0 amide bonds. The highest BCUT2D eigenvalue weighted by molar-refractivity contribution is 9.10. The number of pyridine rings is 1. The van der Waals surface area contributed by atoms with Crippen molar-refractivity contribution < 1.29 is 0 Å². The van der Waals surface area contributed by atoms with Gasteiger partial charge < -0.3 is 4.98 Å². The zero-order chi connectivity index (χ0) is 9.42. The molecule has 66 valence electrons. The van der Waals surface area contributed by atoms with Crippen LogP contribution in [0.3, 0.4) is 0 Å². The fourth-order valence-corrected chi connectivity index (χ4v) is 2.09. The zero-order valence-corrected chi connectivity index (χ0v) is 8.68. The smallest absolute Gasteiger partial charge is 0.255 e. The van der Waals surface area contributed by atoms with Gasteiger partial charge in [-0.05, 0) is 34.5 Å². The third-order valence-corrected chi connectivity index (χ3v) is 2.71. The van der Waals surface area contributed by atoms with Crippen LogP contribution < -0.4 is 5.56 Å². The fraction of sp³-hybridized carbons (Fsp3) is 0.100. The predicted molar refractivity (Wildman–Crippen MR) is 57.0 cm³/mol. The van der Waals surface area contributed by atoms with Crippen molar-refractivity contribution in [1.29, 1.82) is 0 Å². The van der Waals surface area contributed by atoms with Gasteiger partial charge in [-0.25, -0.2) is 0 Å². The molecule has 2 nitrogen and oxygen atoms in total. The summed E-state index contributed by atoms with van der Waals surface area (Å²) in [5, 5.41) is 1.72. The molecule has 0 aliphatic carbocycles. The van der Waals surface area contributed by atoms with Gasteiger partial charge in [0.2, 0.25) is 0 Å². The van der Waals surface area contributed by atoms with Crippen molar-refractivity contribution >= 4 is 26.7 Å². The molecule has 0 saturated carbocycles. The third-order valence-electron chi connectivity index (χ3n) is 2.09.